The van der Waals surface area contributed by atoms with Gasteiger partial charge in [-0.2, -0.15) is 0 Å². The van der Waals surface area contributed by atoms with Crippen LogP contribution in [-0.4, -0.2) is 44.6 Å². The number of nitrogens with one attached hydrogen (secondary N) is 1. The first kappa shape index (κ1) is 15.3. The fourth-order valence-electron chi connectivity index (χ4n) is 2.45. The monoisotopic (exact) mass is 278 g/mol. The summed E-state index contributed by atoms with van der Waals surface area (Å²) in [5.74, 6) is 0. The van der Waals surface area contributed by atoms with E-state index >= 15 is 0 Å². The molecular weight excluding hydrogens is 252 g/mol. The molecule has 1 aliphatic rings. The summed E-state index contributed by atoms with van der Waals surface area (Å²) in [4.78, 5) is 2.09. The average Bonchev–Trinajstić information content (AvgIpc) is 2.46. The Morgan fingerprint density at radius 1 is 1.25 bits per heavy atom. The molecule has 1 atom stereocenters. The van der Waals surface area contributed by atoms with Crippen molar-refractivity contribution in [3.8, 4) is 0 Å². The number of anilines is 1. The number of nitrogens with zero attached hydrogens (tertiary/aromatic N) is 1. The molecular formula is C16H26N2O2. The Morgan fingerprint density at radius 2 is 1.85 bits per heavy atom. The Labute approximate surface area is 121 Å². The highest BCUT2D eigenvalue weighted by atomic mass is 16.5. The van der Waals surface area contributed by atoms with Crippen LogP contribution in [0.5, 0.6) is 0 Å². The molecule has 4 heteroatoms. The summed E-state index contributed by atoms with van der Waals surface area (Å²) in [6.07, 6.45) is 1.43. The van der Waals surface area contributed by atoms with E-state index in [1.54, 1.807) is 0 Å². The molecule has 0 radical (unpaired) electrons. The van der Waals surface area contributed by atoms with Crippen molar-refractivity contribution in [1.29, 1.82) is 0 Å². The van der Waals surface area contributed by atoms with E-state index in [9.17, 15) is 5.11 Å². The van der Waals surface area contributed by atoms with E-state index in [0.717, 1.165) is 0 Å². The highest BCUT2D eigenvalue weighted by molar-refractivity contribution is 5.46. The molecule has 0 spiro atoms. The summed E-state index contributed by atoms with van der Waals surface area (Å²) in [5, 5.41) is 13.9. The summed E-state index contributed by atoms with van der Waals surface area (Å²) in [6, 6.07) is 8.76. The molecule has 0 amide bonds. The standard InChI is InChI=1S/C16H26N2O2/c1-13(14-4-6-15(7-5-14)18(2)3)17-12-16(19)8-10-20-11-9-16/h4-7,13,17,19H,8-12H2,1-3H3. The Kier molecular flexibility index (Phi) is 5.02. The molecule has 1 unspecified atom stereocenters. The quantitative estimate of drug-likeness (QED) is 0.864. The largest absolute Gasteiger partial charge is 0.388 e. The fraction of sp³-hybridized carbons (Fsp3) is 0.625. The molecule has 1 aromatic carbocycles. The van der Waals surface area contributed by atoms with E-state index in [4.69, 9.17) is 4.74 Å². The van der Waals surface area contributed by atoms with Gasteiger partial charge in [-0.15, -0.1) is 0 Å². The van der Waals surface area contributed by atoms with Crippen LogP contribution in [0.4, 0.5) is 5.69 Å². The van der Waals surface area contributed by atoms with Gasteiger partial charge in [0.25, 0.3) is 0 Å². The third kappa shape index (κ3) is 3.95. The second-order valence-electron chi connectivity index (χ2n) is 5.93. The van der Waals surface area contributed by atoms with Crippen LogP contribution in [0.25, 0.3) is 0 Å². The first-order chi connectivity index (χ1) is 9.50. The third-order valence-electron chi connectivity index (χ3n) is 4.07. The van der Waals surface area contributed by atoms with E-state index in [-0.39, 0.29) is 6.04 Å². The minimum atomic E-state index is -0.615. The van der Waals surface area contributed by atoms with Crippen molar-refractivity contribution in [2.75, 3.05) is 38.8 Å². The smallest absolute Gasteiger partial charge is 0.0815 e. The molecule has 0 bridgehead atoms. The highest BCUT2D eigenvalue weighted by Gasteiger charge is 2.29. The molecule has 20 heavy (non-hydrogen) atoms. The van der Waals surface area contributed by atoms with Crippen LogP contribution in [0, 0.1) is 0 Å². The number of benzene rings is 1. The Bertz CT molecular complexity index is 411. The molecule has 1 aliphatic heterocycles. The van der Waals surface area contributed by atoms with E-state index in [2.05, 4.69) is 41.4 Å². The van der Waals surface area contributed by atoms with Crippen molar-refractivity contribution in [3.63, 3.8) is 0 Å². The van der Waals surface area contributed by atoms with Gasteiger partial charge < -0.3 is 20.1 Å². The SMILES string of the molecule is CC(NCC1(O)CCOCC1)c1ccc(N(C)C)cc1. The number of hydrogen-bond donors (Lipinski definition) is 2. The predicted octanol–water partition coefficient (Wildman–Crippen LogP) is 1.94. The Hall–Kier alpha value is -1.10. The first-order valence-electron chi connectivity index (χ1n) is 7.31. The molecule has 2 N–H and O–H groups in total. The van der Waals surface area contributed by atoms with Gasteiger partial charge in [0, 0.05) is 58.4 Å². The molecule has 0 aliphatic carbocycles. The van der Waals surface area contributed by atoms with Gasteiger partial charge in [-0.25, -0.2) is 0 Å². The molecule has 1 aromatic rings. The predicted molar refractivity (Wildman–Crippen MR) is 82.2 cm³/mol. The van der Waals surface area contributed by atoms with Gasteiger partial charge in [-0.05, 0) is 24.6 Å². The van der Waals surface area contributed by atoms with Gasteiger partial charge >= 0.3 is 0 Å². The summed E-state index contributed by atoms with van der Waals surface area (Å²) in [6.45, 7) is 4.06. The molecule has 1 saturated heterocycles. The van der Waals surface area contributed by atoms with Crippen LogP contribution in [0.15, 0.2) is 24.3 Å². The molecule has 0 aromatic heterocycles. The van der Waals surface area contributed by atoms with Crippen LogP contribution in [0.2, 0.25) is 0 Å². The zero-order valence-electron chi connectivity index (χ0n) is 12.7. The minimum absolute atomic E-state index is 0.234. The van der Waals surface area contributed by atoms with Gasteiger partial charge in [0.05, 0.1) is 5.60 Å². The lowest BCUT2D eigenvalue weighted by Gasteiger charge is -2.33. The van der Waals surface area contributed by atoms with E-state index in [1.165, 1.54) is 11.3 Å². The maximum Gasteiger partial charge on any atom is 0.0815 e. The summed E-state index contributed by atoms with van der Waals surface area (Å²) < 4.78 is 5.30. The number of ether oxygens (including phenoxy) is 1. The molecule has 112 valence electrons. The maximum atomic E-state index is 10.4. The number of aliphatic hydroxyl groups is 1. The lowest BCUT2D eigenvalue weighted by Crippen LogP contribution is -2.45. The molecule has 4 nitrogen and oxygen atoms in total. The first-order valence-corrected chi connectivity index (χ1v) is 7.31. The van der Waals surface area contributed by atoms with Crippen LogP contribution in [0.3, 0.4) is 0 Å². The highest BCUT2D eigenvalue weighted by Crippen LogP contribution is 2.22. The zero-order chi connectivity index (χ0) is 14.6. The lowest BCUT2D eigenvalue weighted by molar-refractivity contribution is -0.0626. The van der Waals surface area contributed by atoms with Gasteiger partial charge in [0.15, 0.2) is 0 Å². The number of hydrogen-bond acceptors (Lipinski definition) is 4. The van der Waals surface area contributed by atoms with Crippen LogP contribution in [0.1, 0.15) is 31.4 Å². The average molecular weight is 278 g/mol. The fourth-order valence-corrected chi connectivity index (χ4v) is 2.45. The van der Waals surface area contributed by atoms with Crippen molar-refractivity contribution in [2.45, 2.75) is 31.4 Å². The minimum Gasteiger partial charge on any atom is -0.388 e. The summed E-state index contributed by atoms with van der Waals surface area (Å²) in [7, 11) is 4.08. The molecule has 2 rings (SSSR count). The summed E-state index contributed by atoms with van der Waals surface area (Å²) >= 11 is 0. The van der Waals surface area contributed by atoms with Gasteiger partial charge in [0.1, 0.15) is 0 Å². The Balaban J connectivity index is 1.89. The third-order valence-corrected chi connectivity index (χ3v) is 4.07. The van der Waals surface area contributed by atoms with Gasteiger partial charge in [0.2, 0.25) is 0 Å². The van der Waals surface area contributed by atoms with Crippen LogP contribution in [-0.2, 0) is 4.74 Å². The van der Waals surface area contributed by atoms with Crippen molar-refractivity contribution in [2.24, 2.45) is 0 Å². The van der Waals surface area contributed by atoms with Crippen molar-refractivity contribution < 1.29 is 9.84 Å². The number of rotatable bonds is 5. The van der Waals surface area contributed by atoms with Crippen molar-refractivity contribution in [1.82, 2.24) is 5.32 Å². The van der Waals surface area contributed by atoms with Crippen LogP contribution >= 0.6 is 0 Å². The topological polar surface area (TPSA) is 44.7 Å². The summed E-state index contributed by atoms with van der Waals surface area (Å²) in [5.41, 5.74) is 1.83. The van der Waals surface area contributed by atoms with E-state index < -0.39 is 5.60 Å². The normalized spacial score (nSPS) is 19.6. The molecule has 1 fully saturated rings. The van der Waals surface area contributed by atoms with E-state index in [1.807, 2.05) is 14.1 Å². The van der Waals surface area contributed by atoms with Gasteiger partial charge in [-0.3, -0.25) is 0 Å². The lowest BCUT2D eigenvalue weighted by atomic mass is 9.94. The molecule has 1 heterocycles. The maximum absolute atomic E-state index is 10.4. The zero-order valence-corrected chi connectivity index (χ0v) is 12.7. The second kappa shape index (κ2) is 6.57. The van der Waals surface area contributed by atoms with Crippen molar-refractivity contribution in [3.05, 3.63) is 29.8 Å². The van der Waals surface area contributed by atoms with Crippen molar-refractivity contribution >= 4 is 5.69 Å². The van der Waals surface area contributed by atoms with E-state index in [0.29, 0.717) is 32.6 Å². The Morgan fingerprint density at radius 3 is 2.40 bits per heavy atom. The molecule has 0 saturated carbocycles. The van der Waals surface area contributed by atoms with Gasteiger partial charge in [-0.1, -0.05) is 12.1 Å². The second-order valence-corrected chi connectivity index (χ2v) is 5.93. The van der Waals surface area contributed by atoms with Crippen LogP contribution < -0.4 is 10.2 Å².